The summed E-state index contributed by atoms with van der Waals surface area (Å²) in [6, 6.07) is 13.1. The first-order chi connectivity index (χ1) is 11.5. The van der Waals surface area contributed by atoms with Gasteiger partial charge in [-0.1, -0.05) is 37.6 Å². The minimum atomic E-state index is -0.278. The summed E-state index contributed by atoms with van der Waals surface area (Å²) in [6.07, 6.45) is 3.24. The molecular weight excluding hydrogens is 324 g/mol. The van der Waals surface area contributed by atoms with Crippen LogP contribution in [0.5, 0.6) is 0 Å². The SMILES string of the molecule is CC(C)c1ccc(-n2ccc(NC(=O)c3ccc(Cl)nc3)n2)cc1. The van der Waals surface area contributed by atoms with Crippen LogP contribution in [0.4, 0.5) is 5.82 Å². The summed E-state index contributed by atoms with van der Waals surface area (Å²) in [7, 11) is 0. The lowest BCUT2D eigenvalue weighted by Crippen LogP contribution is -2.12. The second kappa shape index (κ2) is 6.84. The molecule has 0 saturated carbocycles. The Labute approximate surface area is 145 Å². The molecule has 0 aliphatic carbocycles. The van der Waals surface area contributed by atoms with E-state index in [1.807, 2.05) is 12.1 Å². The van der Waals surface area contributed by atoms with Crippen molar-refractivity contribution < 1.29 is 4.79 Å². The fourth-order valence-corrected chi connectivity index (χ4v) is 2.36. The van der Waals surface area contributed by atoms with Crippen LogP contribution in [0.1, 0.15) is 35.7 Å². The summed E-state index contributed by atoms with van der Waals surface area (Å²) in [5, 5.41) is 7.47. The van der Waals surface area contributed by atoms with Gasteiger partial charge in [-0.05, 0) is 35.7 Å². The van der Waals surface area contributed by atoms with Crippen LogP contribution in [-0.4, -0.2) is 20.7 Å². The van der Waals surface area contributed by atoms with Gasteiger partial charge in [-0.3, -0.25) is 4.79 Å². The van der Waals surface area contributed by atoms with E-state index in [-0.39, 0.29) is 5.91 Å². The third kappa shape index (κ3) is 3.63. The van der Waals surface area contributed by atoms with Crippen molar-refractivity contribution in [1.29, 1.82) is 0 Å². The molecule has 3 aromatic rings. The van der Waals surface area contributed by atoms with E-state index in [1.165, 1.54) is 11.8 Å². The van der Waals surface area contributed by atoms with Crippen molar-refractivity contribution in [1.82, 2.24) is 14.8 Å². The number of hydrogen-bond donors (Lipinski definition) is 1. The predicted octanol–water partition coefficient (Wildman–Crippen LogP) is 4.30. The number of halogens is 1. The number of nitrogens with zero attached hydrogens (tertiary/aromatic N) is 3. The summed E-state index contributed by atoms with van der Waals surface area (Å²) < 4.78 is 1.72. The fourth-order valence-electron chi connectivity index (χ4n) is 2.24. The number of nitrogens with one attached hydrogen (secondary N) is 1. The Morgan fingerprint density at radius 1 is 1.12 bits per heavy atom. The molecule has 0 atom stereocenters. The average molecular weight is 341 g/mol. The maximum atomic E-state index is 12.1. The second-order valence-corrected chi connectivity index (χ2v) is 6.10. The molecule has 5 nitrogen and oxygen atoms in total. The van der Waals surface area contributed by atoms with Crippen LogP contribution < -0.4 is 5.32 Å². The van der Waals surface area contributed by atoms with Crippen molar-refractivity contribution in [2.24, 2.45) is 0 Å². The van der Waals surface area contributed by atoms with Gasteiger partial charge in [-0.25, -0.2) is 9.67 Å². The first-order valence-electron chi connectivity index (χ1n) is 7.62. The van der Waals surface area contributed by atoms with Gasteiger partial charge < -0.3 is 5.32 Å². The van der Waals surface area contributed by atoms with Crippen LogP contribution in [0, 0.1) is 0 Å². The molecule has 0 spiro atoms. The number of rotatable bonds is 4. The summed E-state index contributed by atoms with van der Waals surface area (Å²) in [5.74, 6) is 0.682. The smallest absolute Gasteiger partial charge is 0.258 e. The second-order valence-electron chi connectivity index (χ2n) is 5.72. The fraction of sp³-hybridized carbons (Fsp3) is 0.167. The van der Waals surface area contributed by atoms with E-state index in [2.05, 4.69) is 41.4 Å². The molecule has 1 aromatic carbocycles. The van der Waals surface area contributed by atoms with Crippen molar-refractivity contribution in [2.75, 3.05) is 5.32 Å². The molecule has 0 saturated heterocycles. The highest BCUT2D eigenvalue weighted by Gasteiger charge is 2.09. The zero-order valence-electron chi connectivity index (χ0n) is 13.4. The zero-order valence-corrected chi connectivity index (χ0v) is 14.2. The van der Waals surface area contributed by atoms with Crippen molar-refractivity contribution >= 4 is 23.3 Å². The molecule has 24 heavy (non-hydrogen) atoms. The quantitative estimate of drug-likeness (QED) is 0.720. The Hall–Kier alpha value is -2.66. The first-order valence-corrected chi connectivity index (χ1v) is 7.99. The molecule has 0 bridgehead atoms. The Kier molecular flexibility index (Phi) is 4.62. The standard InChI is InChI=1S/C18H17ClN4O/c1-12(2)13-3-6-15(7-4-13)23-10-9-17(22-23)21-18(24)14-5-8-16(19)20-11-14/h3-12H,1-2H3,(H,21,22,24). The number of carbonyl (C=O) groups excluding carboxylic acids is 1. The third-order valence-corrected chi connectivity index (χ3v) is 3.87. The highest BCUT2D eigenvalue weighted by Crippen LogP contribution is 2.17. The zero-order chi connectivity index (χ0) is 17.1. The van der Waals surface area contributed by atoms with Gasteiger partial charge in [0.05, 0.1) is 11.3 Å². The molecule has 0 aliphatic rings. The number of anilines is 1. The van der Waals surface area contributed by atoms with Gasteiger partial charge in [-0.15, -0.1) is 0 Å². The number of aromatic nitrogens is 3. The molecule has 1 amide bonds. The van der Waals surface area contributed by atoms with Gasteiger partial charge in [0.2, 0.25) is 0 Å². The molecule has 0 radical (unpaired) electrons. The Bertz CT molecular complexity index is 838. The first kappa shape index (κ1) is 16.2. The lowest BCUT2D eigenvalue weighted by Gasteiger charge is -2.07. The van der Waals surface area contributed by atoms with Crippen molar-refractivity contribution in [2.45, 2.75) is 19.8 Å². The highest BCUT2D eigenvalue weighted by atomic mass is 35.5. The topological polar surface area (TPSA) is 59.8 Å². The van der Waals surface area contributed by atoms with Crippen LogP contribution in [0.3, 0.4) is 0 Å². The van der Waals surface area contributed by atoms with E-state index >= 15 is 0 Å². The summed E-state index contributed by atoms with van der Waals surface area (Å²) in [6.45, 7) is 4.31. The predicted molar refractivity (Wildman–Crippen MR) is 94.9 cm³/mol. The molecule has 122 valence electrons. The van der Waals surface area contributed by atoms with E-state index in [1.54, 1.807) is 29.1 Å². The maximum absolute atomic E-state index is 12.1. The van der Waals surface area contributed by atoms with Crippen LogP contribution in [0.25, 0.3) is 5.69 Å². The molecule has 2 heterocycles. The van der Waals surface area contributed by atoms with Crippen LogP contribution in [-0.2, 0) is 0 Å². The summed E-state index contributed by atoms with van der Waals surface area (Å²) in [4.78, 5) is 16.0. The number of hydrogen-bond acceptors (Lipinski definition) is 3. The highest BCUT2D eigenvalue weighted by molar-refractivity contribution is 6.29. The Balaban J connectivity index is 1.73. The largest absolute Gasteiger partial charge is 0.305 e. The van der Waals surface area contributed by atoms with Gasteiger partial charge in [0.25, 0.3) is 5.91 Å². The molecule has 6 heteroatoms. The monoisotopic (exact) mass is 340 g/mol. The molecule has 2 aromatic heterocycles. The lowest BCUT2D eigenvalue weighted by molar-refractivity contribution is 0.102. The minimum Gasteiger partial charge on any atom is -0.305 e. The lowest BCUT2D eigenvalue weighted by atomic mass is 10.0. The number of pyridine rings is 1. The van der Waals surface area contributed by atoms with Gasteiger partial charge in [0.15, 0.2) is 5.82 Å². The normalized spacial score (nSPS) is 10.8. The van der Waals surface area contributed by atoms with Crippen molar-refractivity contribution in [3.8, 4) is 5.69 Å². The average Bonchev–Trinajstić information content (AvgIpc) is 3.04. The molecule has 0 unspecified atom stereocenters. The van der Waals surface area contributed by atoms with Gasteiger partial charge >= 0.3 is 0 Å². The van der Waals surface area contributed by atoms with Crippen LogP contribution in [0.15, 0.2) is 54.9 Å². The van der Waals surface area contributed by atoms with E-state index in [9.17, 15) is 4.79 Å². The third-order valence-electron chi connectivity index (χ3n) is 3.64. The molecule has 0 fully saturated rings. The minimum absolute atomic E-state index is 0.278. The molecule has 0 aliphatic heterocycles. The molecular formula is C18H17ClN4O. The summed E-state index contributed by atoms with van der Waals surface area (Å²) in [5.41, 5.74) is 2.64. The summed E-state index contributed by atoms with van der Waals surface area (Å²) >= 11 is 5.72. The van der Waals surface area contributed by atoms with Crippen molar-refractivity contribution in [3.63, 3.8) is 0 Å². The number of amides is 1. The van der Waals surface area contributed by atoms with Crippen LogP contribution in [0.2, 0.25) is 5.15 Å². The Morgan fingerprint density at radius 2 is 1.88 bits per heavy atom. The van der Waals surface area contributed by atoms with Crippen LogP contribution >= 0.6 is 11.6 Å². The van der Waals surface area contributed by atoms with Crippen molar-refractivity contribution in [3.05, 3.63) is 71.1 Å². The van der Waals surface area contributed by atoms with E-state index in [0.717, 1.165) is 5.69 Å². The van der Waals surface area contributed by atoms with E-state index in [0.29, 0.717) is 22.5 Å². The van der Waals surface area contributed by atoms with E-state index in [4.69, 9.17) is 11.6 Å². The van der Waals surface area contributed by atoms with Gasteiger partial charge in [0, 0.05) is 18.5 Å². The number of carbonyl (C=O) groups is 1. The van der Waals surface area contributed by atoms with Gasteiger partial charge in [0.1, 0.15) is 5.15 Å². The molecule has 3 rings (SSSR count). The molecule has 1 N–H and O–H groups in total. The maximum Gasteiger partial charge on any atom is 0.258 e. The Morgan fingerprint density at radius 3 is 2.50 bits per heavy atom. The number of benzene rings is 1. The van der Waals surface area contributed by atoms with E-state index < -0.39 is 0 Å². The van der Waals surface area contributed by atoms with Gasteiger partial charge in [-0.2, -0.15) is 5.10 Å².